The van der Waals surface area contributed by atoms with Gasteiger partial charge in [-0.05, 0) is 114 Å². The van der Waals surface area contributed by atoms with Gasteiger partial charge >= 0.3 is 30.6 Å². The van der Waals surface area contributed by atoms with Crippen LogP contribution < -0.4 is 32.3 Å². The Kier molecular flexibility index (Phi) is 24.2. The first-order valence-electron chi connectivity index (χ1n) is 34.5. The van der Waals surface area contributed by atoms with E-state index in [0.29, 0.717) is 127 Å². The minimum absolute atomic E-state index is 0.0605. The number of rotatable bonds is 14. The van der Waals surface area contributed by atoms with Gasteiger partial charge in [-0.3, -0.25) is 15.0 Å². The Hall–Kier alpha value is -9.60. The minimum Gasteiger partial charge on any atom is -0.465 e. The van der Waals surface area contributed by atoms with Crippen molar-refractivity contribution < 1.29 is 77.8 Å². The second-order valence-corrected chi connectivity index (χ2v) is 36.5. The molecule has 24 nitrogen and oxygen atoms in total. The van der Waals surface area contributed by atoms with Crippen molar-refractivity contribution in [3.8, 4) is 0 Å². The molecule has 576 valence electrons. The SMILES string of the molecule is CCC1CP(=O)(c2cc3c(N[C@H](C)c4cccc(C(F)(F)F)c4C)nc(C)nc3cn2)CCN1C(=O)O.Cc1nc(N[C@H](C)c2cccc(C(F)(F)F)c2C)c2cc(P3(=O)CCN(C(=O)N(C)C)CC3)ncc2n1.Cc1nc(N[C@H](C)c2cccc(C(F)F)c2F)c2cc(P3(=O)CCN(C(=O)O)CC3)ncc2n1. The van der Waals surface area contributed by atoms with Crippen molar-refractivity contribution in [2.45, 2.75) is 112 Å². The lowest BCUT2D eigenvalue weighted by Crippen LogP contribution is -2.48. The molecule has 5 N–H and O–H groups in total. The lowest BCUT2D eigenvalue weighted by molar-refractivity contribution is -0.138. The van der Waals surface area contributed by atoms with Crippen LogP contribution in [0.3, 0.4) is 0 Å². The molecule has 108 heavy (non-hydrogen) atoms. The Balaban J connectivity index is 0.000000173. The summed E-state index contributed by atoms with van der Waals surface area (Å²) in [5, 5.41) is 29.8. The lowest BCUT2D eigenvalue weighted by atomic mass is 9.97. The summed E-state index contributed by atoms with van der Waals surface area (Å²) in [6.45, 7) is 16.2. The number of halogens is 9. The van der Waals surface area contributed by atoms with E-state index in [1.165, 1.54) is 65.2 Å². The normalized spacial score (nSPS) is 18.1. The van der Waals surface area contributed by atoms with Crippen molar-refractivity contribution in [3.63, 3.8) is 0 Å². The first-order valence-corrected chi connectivity index (χ1v) is 40.8. The number of hydrogen-bond acceptors (Lipinski definition) is 18. The molecule has 3 aliphatic rings. The van der Waals surface area contributed by atoms with Gasteiger partial charge in [-0.25, -0.2) is 57.5 Å². The molecule has 12 rings (SSSR count). The molecule has 36 heteroatoms. The first-order chi connectivity index (χ1) is 50.7. The highest BCUT2D eigenvalue weighted by atomic mass is 31.2. The number of nitrogens with zero attached hydrogens (tertiary/aromatic N) is 13. The number of benzene rings is 3. The maximum Gasteiger partial charge on any atom is 0.416 e. The topological polar surface area (TPSA) is 308 Å². The zero-order chi connectivity index (χ0) is 78.9. The van der Waals surface area contributed by atoms with Gasteiger partial charge in [0.25, 0.3) is 6.43 Å². The van der Waals surface area contributed by atoms with Crippen LogP contribution in [0, 0.1) is 40.4 Å². The number of pyridine rings is 3. The van der Waals surface area contributed by atoms with Crippen molar-refractivity contribution >= 4 is 106 Å². The molecule has 0 radical (unpaired) electrons. The van der Waals surface area contributed by atoms with Crippen molar-refractivity contribution in [2.75, 3.05) is 99.7 Å². The average molecular weight is 1560 g/mol. The van der Waals surface area contributed by atoms with E-state index in [1.807, 2.05) is 6.92 Å². The standard InChI is InChI=1S/C25H30F3N6O2P.C25H29F3N5O3P.C22H23F3N5O3P/c1-15-18(7-6-8-20(15)25(26,27)28)16(2)30-23-19-13-22(29-14-21(19)31-17(3)32-23)37(36)11-9-34(10-12-37)24(35)33(4)5;1-5-17-13-37(36,10-9-33(17)24(34)35)22-11-19-21(12-29-22)31-16(4)32-23(19)30-15(3)18-7-6-8-20(14(18)2)25(26,27)28;1-12(14-4-3-5-15(19(14)23)20(24)25)27-21-16-10-18(26-11-17(16)28-13(2)29-21)34(33)8-6-30(7-9-34)22(31)32/h6-8,13-14,16H,9-12H2,1-5H3,(H,30,31,32);6-8,11-12,15,17H,5,9-10,13H2,1-4H3,(H,34,35)(H,30,31,32);3-5,10-12,20H,6-9H2,1-2H3,(H,31,32)(H,27,28,29)/t16-;15-,17?,37?;12-/m111/s1. The van der Waals surface area contributed by atoms with Gasteiger partial charge in [0.05, 0.1) is 70.0 Å². The molecule has 6 aromatic heterocycles. The number of urea groups is 1. The molecule has 0 spiro atoms. The highest BCUT2D eigenvalue weighted by molar-refractivity contribution is 7.72. The van der Waals surface area contributed by atoms with Crippen LogP contribution in [-0.4, -0.2) is 183 Å². The van der Waals surface area contributed by atoms with Crippen LogP contribution in [-0.2, 0) is 26.0 Å². The molecule has 0 saturated carbocycles. The summed E-state index contributed by atoms with van der Waals surface area (Å²) in [5.41, 5.74) is 1.97. The third-order valence-electron chi connectivity index (χ3n) is 19.6. The Morgan fingerprint density at radius 1 is 0.528 bits per heavy atom. The van der Waals surface area contributed by atoms with Crippen LogP contribution in [0.25, 0.3) is 32.7 Å². The Labute approximate surface area is 616 Å². The van der Waals surface area contributed by atoms with E-state index in [1.54, 1.807) is 97.1 Å². The molecule has 0 aliphatic carbocycles. The number of carbonyl (C=O) groups excluding carboxylic acids is 1. The number of aromatic nitrogens is 9. The summed E-state index contributed by atoms with van der Waals surface area (Å²) in [6, 6.07) is 14.9. The zero-order valence-corrected chi connectivity index (χ0v) is 63.6. The van der Waals surface area contributed by atoms with Gasteiger partial charge in [0.15, 0.2) is 0 Å². The smallest absolute Gasteiger partial charge is 0.416 e. The van der Waals surface area contributed by atoms with E-state index in [9.17, 15) is 72.7 Å². The maximum absolute atomic E-state index is 14.7. The van der Waals surface area contributed by atoms with Gasteiger partial charge in [-0.2, -0.15) is 26.3 Å². The summed E-state index contributed by atoms with van der Waals surface area (Å²) in [7, 11) is -5.45. The Morgan fingerprint density at radius 2 is 0.880 bits per heavy atom. The van der Waals surface area contributed by atoms with E-state index >= 15 is 0 Å². The third kappa shape index (κ3) is 17.7. The highest BCUT2D eigenvalue weighted by Crippen LogP contribution is 2.51. The van der Waals surface area contributed by atoms with E-state index in [0.717, 1.165) is 18.2 Å². The van der Waals surface area contributed by atoms with Gasteiger partial charge in [0.2, 0.25) is 0 Å². The molecule has 3 saturated heterocycles. The fourth-order valence-corrected chi connectivity index (χ4v) is 21.5. The molecule has 5 atom stereocenters. The predicted molar refractivity (Wildman–Crippen MR) is 396 cm³/mol. The molecule has 3 fully saturated rings. The molecule has 3 aromatic carbocycles. The van der Waals surface area contributed by atoms with E-state index in [2.05, 4.69) is 60.8 Å². The quantitative estimate of drug-likeness (QED) is 0.0499. The highest BCUT2D eigenvalue weighted by Gasteiger charge is 2.41. The second-order valence-electron chi connectivity index (χ2n) is 27.2. The van der Waals surface area contributed by atoms with Crippen molar-refractivity contribution in [2.24, 2.45) is 0 Å². The fourth-order valence-electron chi connectivity index (χ4n) is 13.7. The fraction of sp³-hybridized carbons (Fsp3) is 0.417. The Morgan fingerprint density at radius 3 is 1.24 bits per heavy atom. The van der Waals surface area contributed by atoms with Crippen molar-refractivity contribution in [1.82, 2.24) is 64.5 Å². The van der Waals surface area contributed by atoms with Crippen LogP contribution >= 0.6 is 21.4 Å². The van der Waals surface area contributed by atoms with Gasteiger partial charge < -0.3 is 59.5 Å². The average Bonchev–Trinajstić information content (AvgIpc) is 0.775. The molecule has 4 amide bonds. The van der Waals surface area contributed by atoms with Gasteiger partial charge in [0, 0.05) is 112 Å². The first kappa shape index (κ1) is 80.9. The Bertz CT molecular complexity index is 5060. The molecule has 9 heterocycles. The summed E-state index contributed by atoms with van der Waals surface area (Å²) < 4.78 is 163. The van der Waals surface area contributed by atoms with Gasteiger partial charge in [-0.15, -0.1) is 0 Å². The van der Waals surface area contributed by atoms with Crippen LogP contribution in [0.15, 0.2) is 91.4 Å². The monoisotopic (exact) mass is 1560 g/mol. The van der Waals surface area contributed by atoms with E-state index in [4.69, 9.17) is 5.11 Å². The number of alkyl halides is 8. The van der Waals surface area contributed by atoms with Crippen molar-refractivity contribution in [1.29, 1.82) is 0 Å². The number of carboxylic acid groups (broad SMARTS) is 2. The summed E-state index contributed by atoms with van der Waals surface area (Å²) in [5.74, 6) is 1.52. The van der Waals surface area contributed by atoms with E-state index < -0.39 is 93.0 Å². The van der Waals surface area contributed by atoms with Gasteiger partial charge in [-0.1, -0.05) is 49.4 Å². The molecule has 3 aliphatic heterocycles. The number of nitrogens with one attached hydrogen (secondary N) is 3. The van der Waals surface area contributed by atoms with E-state index in [-0.39, 0.29) is 73.0 Å². The molecule has 9 aromatic rings. The zero-order valence-electron chi connectivity index (χ0n) is 60.9. The maximum atomic E-state index is 14.7. The largest absolute Gasteiger partial charge is 0.465 e. The van der Waals surface area contributed by atoms with Crippen molar-refractivity contribution in [3.05, 3.63) is 159 Å². The number of anilines is 3. The molecular formula is C72H82F9N16O8P3. The molecular weight excluding hydrogens is 1480 g/mol. The van der Waals surface area contributed by atoms with Crippen LogP contribution in [0.1, 0.15) is 121 Å². The molecule has 2 unspecified atom stereocenters. The van der Waals surface area contributed by atoms with Gasteiger partial charge in [0.1, 0.15) is 78.5 Å². The predicted octanol–water partition coefficient (Wildman–Crippen LogP) is 15.0. The van der Waals surface area contributed by atoms with Crippen LogP contribution in [0.4, 0.5) is 71.4 Å². The second kappa shape index (κ2) is 32.3. The minimum atomic E-state index is -4.46. The summed E-state index contributed by atoms with van der Waals surface area (Å²) >= 11 is 0. The van der Waals surface area contributed by atoms with Crippen LogP contribution in [0.5, 0.6) is 0 Å². The van der Waals surface area contributed by atoms with Crippen LogP contribution in [0.2, 0.25) is 0 Å². The summed E-state index contributed by atoms with van der Waals surface area (Å²) in [6.07, 6.45) is -7.45. The third-order valence-corrected chi connectivity index (χ3v) is 28.5. The lowest BCUT2D eigenvalue weighted by Gasteiger charge is -2.37. The summed E-state index contributed by atoms with van der Waals surface area (Å²) in [4.78, 5) is 80.6. The number of aryl methyl sites for hydroxylation is 3. The number of amides is 4. The number of fused-ring (bicyclic) bond motifs is 3. The molecule has 0 bridgehead atoms. The number of carbonyl (C=O) groups is 3. The number of hydrogen-bond donors (Lipinski definition) is 5.